The highest BCUT2D eigenvalue weighted by molar-refractivity contribution is 5.85. The summed E-state index contributed by atoms with van der Waals surface area (Å²) in [6.07, 6.45) is 1.94. The molecule has 1 aromatic carbocycles. The maximum absolute atomic E-state index is 14.1. The van der Waals surface area contributed by atoms with E-state index in [1.807, 2.05) is 41.3 Å². The van der Waals surface area contributed by atoms with Crippen LogP contribution in [0.4, 0.5) is 9.18 Å². The fraction of sp³-hybridized carbons (Fsp3) is 0.655. The Morgan fingerprint density at radius 3 is 2.31 bits per heavy atom. The molecular formula is C29H38FN5O4. The van der Waals surface area contributed by atoms with Crippen molar-refractivity contribution in [2.24, 2.45) is 5.41 Å². The Kier molecular flexibility index (Phi) is 7.81. The molecule has 210 valence electrons. The van der Waals surface area contributed by atoms with Gasteiger partial charge in [0.15, 0.2) is 0 Å². The third-order valence-electron chi connectivity index (χ3n) is 9.46. The van der Waals surface area contributed by atoms with Crippen molar-refractivity contribution < 1.29 is 23.5 Å². The molecule has 39 heavy (non-hydrogen) atoms. The molecule has 5 aliphatic rings. The summed E-state index contributed by atoms with van der Waals surface area (Å²) in [6.45, 7) is 2.88. The molecule has 9 nitrogen and oxygen atoms in total. The zero-order valence-electron chi connectivity index (χ0n) is 22.7. The molecule has 2 bridgehead atoms. The van der Waals surface area contributed by atoms with Gasteiger partial charge in [-0.15, -0.1) is 0 Å². The number of carbonyl (C=O) groups is 3. The molecule has 2 atom stereocenters. The Bertz CT molecular complexity index is 1090. The molecule has 5 fully saturated rings. The second-order valence-corrected chi connectivity index (χ2v) is 11.8. The number of nitrogens with zero attached hydrogens (tertiary/aromatic N) is 5. The smallest absolute Gasteiger partial charge is 0.411 e. The van der Waals surface area contributed by atoms with Gasteiger partial charge in [-0.3, -0.25) is 14.5 Å². The van der Waals surface area contributed by atoms with Gasteiger partial charge in [0, 0.05) is 43.6 Å². The Morgan fingerprint density at radius 1 is 1.05 bits per heavy atom. The van der Waals surface area contributed by atoms with Crippen LogP contribution < -0.4 is 0 Å². The number of likely N-dealkylation sites (tertiary alicyclic amines) is 1. The molecule has 2 saturated heterocycles. The van der Waals surface area contributed by atoms with Gasteiger partial charge in [-0.25, -0.2) is 9.18 Å². The van der Waals surface area contributed by atoms with Crippen molar-refractivity contribution in [2.75, 3.05) is 46.3 Å². The molecule has 3 aliphatic carbocycles. The maximum Gasteiger partial charge on any atom is 0.411 e. The third-order valence-corrected chi connectivity index (χ3v) is 9.46. The van der Waals surface area contributed by atoms with Crippen LogP contribution in [-0.4, -0.2) is 102 Å². The number of halogens is 1. The van der Waals surface area contributed by atoms with Gasteiger partial charge in [0.1, 0.15) is 25.4 Å². The van der Waals surface area contributed by atoms with Crippen LogP contribution in [0.3, 0.4) is 0 Å². The summed E-state index contributed by atoms with van der Waals surface area (Å²) in [7, 11) is 2.07. The van der Waals surface area contributed by atoms with Crippen molar-refractivity contribution in [1.82, 2.24) is 19.6 Å². The summed E-state index contributed by atoms with van der Waals surface area (Å²) in [6, 6.07) is 10.5. The summed E-state index contributed by atoms with van der Waals surface area (Å²) in [5, 5.41) is 9.46. The fourth-order valence-corrected chi connectivity index (χ4v) is 6.87. The van der Waals surface area contributed by atoms with Crippen LogP contribution in [-0.2, 0) is 20.9 Å². The Balaban J connectivity index is 1.32. The van der Waals surface area contributed by atoms with Gasteiger partial charge in [-0.05, 0) is 51.1 Å². The second-order valence-electron chi connectivity index (χ2n) is 11.8. The third kappa shape index (κ3) is 5.46. The molecular weight excluding hydrogens is 501 g/mol. The van der Waals surface area contributed by atoms with E-state index in [1.165, 1.54) is 9.80 Å². The summed E-state index contributed by atoms with van der Waals surface area (Å²) in [4.78, 5) is 47.6. The number of hydrogen-bond acceptors (Lipinski definition) is 6. The van der Waals surface area contributed by atoms with Gasteiger partial charge >= 0.3 is 6.09 Å². The van der Waals surface area contributed by atoms with Gasteiger partial charge in [-0.2, -0.15) is 5.26 Å². The number of likely N-dealkylation sites (N-methyl/N-ethyl adjacent to an activating group) is 1. The normalized spacial score (nSPS) is 30.6. The van der Waals surface area contributed by atoms with E-state index in [2.05, 4.69) is 11.9 Å². The highest BCUT2D eigenvalue weighted by Gasteiger charge is 2.57. The molecule has 2 aliphatic heterocycles. The number of amides is 3. The first-order valence-electron chi connectivity index (χ1n) is 14.0. The Labute approximate surface area is 229 Å². The molecule has 0 N–H and O–H groups in total. The van der Waals surface area contributed by atoms with Crippen LogP contribution in [0.2, 0.25) is 0 Å². The van der Waals surface area contributed by atoms with E-state index in [4.69, 9.17) is 4.74 Å². The highest BCUT2D eigenvalue weighted by Crippen LogP contribution is 2.55. The SMILES string of the molecule is CN1CCN(C(=O)C23CCC(N(CC(=O)N4C[C@@H](F)C[C@H]4C#N)C(=O)OCc4ccccc4)(CC2)CC3)CC1. The fourth-order valence-electron chi connectivity index (χ4n) is 6.87. The van der Waals surface area contributed by atoms with E-state index in [-0.39, 0.29) is 32.0 Å². The Hall–Kier alpha value is -3.19. The number of hydrogen-bond donors (Lipinski definition) is 0. The largest absolute Gasteiger partial charge is 0.445 e. The second kappa shape index (κ2) is 11.1. The number of ether oxygens (including phenoxy) is 1. The van der Waals surface area contributed by atoms with E-state index in [9.17, 15) is 24.0 Å². The molecule has 0 unspecified atom stereocenters. The number of nitriles is 1. The molecule has 3 saturated carbocycles. The minimum absolute atomic E-state index is 0.0112. The number of alkyl halides is 1. The first-order chi connectivity index (χ1) is 18.7. The molecule has 10 heteroatoms. The lowest BCUT2D eigenvalue weighted by Crippen LogP contribution is -2.63. The van der Waals surface area contributed by atoms with Crippen LogP contribution in [0.5, 0.6) is 0 Å². The molecule has 2 heterocycles. The number of fused-ring (bicyclic) bond motifs is 3. The van der Waals surface area contributed by atoms with Crippen molar-refractivity contribution in [3.63, 3.8) is 0 Å². The van der Waals surface area contributed by atoms with Crippen LogP contribution in [0.1, 0.15) is 50.5 Å². The summed E-state index contributed by atoms with van der Waals surface area (Å²) in [5.41, 5.74) is -0.184. The monoisotopic (exact) mass is 539 g/mol. The summed E-state index contributed by atoms with van der Waals surface area (Å²) < 4.78 is 19.8. The minimum atomic E-state index is -1.25. The number of carbonyl (C=O) groups excluding carboxylic acids is 3. The van der Waals surface area contributed by atoms with E-state index in [1.54, 1.807) is 0 Å². The molecule has 0 spiro atoms. The minimum Gasteiger partial charge on any atom is -0.445 e. The van der Waals surface area contributed by atoms with Gasteiger partial charge in [-0.1, -0.05) is 30.3 Å². The molecule has 0 aromatic heterocycles. The van der Waals surface area contributed by atoms with E-state index in [0.717, 1.165) is 31.7 Å². The van der Waals surface area contributed by atoms with E-state index in [0.29, 0.717) is 38.5 Å². The lowest BCUT2D eigenvalue weighted by molar-refractivity contribution is -0.156. The average molecular weight is 540 g/mol. The maximum atomic E-state index is 14.1. The zero-order chi connectivity index (χ0) is 27.6. The first-order valence-corrected chi connectivity index (χ1v) is 14.0. The van der Waals surface area contributed by atoms with Gasteiger partial charge in [0.25, 0.3) is 0 Å². The van der Waals surface area contributed by atoms with Gasteiger partial charge in [0.05, 0.1) is 12.6 Å². The van der Waals surface area contributed by atoms with Crippen LogP contribution in [0, 0.1) is 16.7 Å². The highest BCUT2D eigenvalue weighted by atomic mass is 19.1. The molecule has 6 rings (SSSR count). The molecule has 3 amide bonds. The first kappa shape index (κ1) is 27.4. The summed E-state index contributed by atoms with van der Waals surface area (Å²) >= 11 is 0. The van der Waals surface area contributed by atoms with Crippen molar-refractivity contribution in [3.8, 4) is 6.07 Å². The van der Waals surface area contributed by atoms with Crippen LogP contribution >= 0.6 is 0 Å². The Morgan fingerprint density at radius 2 is 1.69 bits per heavy atom. The van der Waals surface area contributed by atoms with Gasteiger partial charge < -0.3 is 19.4 Å². The standard InChI is InChI=1S/C29H38FN5O4/c1-32-13-15-33(16-14-32)26(37)28-7-10-29(11-8-28,12-9-28)35(27(38)39-21-22-5-3-2-4-6-22)20-25(36)34-19-23(30)17-24(34)18-31/h2-6,23-24H,7-17,19-21H2,1H3/t23-,24-,28?,29?/m0/s1. The van der Waals surface area contributed by atoms with Crippen molar-refractivity contribution >= 4 is 17.9 Å². The topological polar surface area (TPSA) is 97.2 Å². The molecule has 0 radical (unpaired) electrons. The molecule has 1 aromatic rings. The number of benzene rings is 1. The van der Waals surface area contributed by atoms with Crippen molar-refractivity contribution in [1.29, 1.82) is 5.26 Å². The van der Waals surface area contributed by atoms with Crippen LogP contribution in [0.15, 0.2) is 30.3 Å². The number of piperazine rings is 1. The predicted octanol–water partition coefficient (Wildman–Crippen LogP) is 2.95. The quantitative estimate of drug-likeness (QED) is 0.552. The average Bonchev–Trinajstić information content (AvgIpc) is 3.36. The van der Waals surface area contributed by atoms with E-state index < -0.39 is 35.2 Å². The van der Waals surface area contributed by atoms with Crippen molar-refractivity contribution in [2.45, 2.75) is 69.3 Å². The van der Waals surface area contributed by atoms with Gasteiger partial charge in [0.2, 0.25) is 11.8 Å². The predicted molar refractivity (Wildman–Crippen MR) is 141 cm³/mol. The van der Waals surface area contributed by atoms with Crippen LogP contribution in [0.25, 0.3) is 0 Å². The number of rotatable bonds is 6. The van der Waals surface area contributed by atoms with Crippen molar-refractivity contribution in [3.05, 3.63) is 35.9 Å². The lowest BCUT2D eigenvalue weighted by atomic mass is 9.56. The zero-order valence-corrected chi connectivity index (χ0v) is 22.7. The summed E-state index contributed by atoms with van der Waals surface area (Å²) in [5.74, 6) is -0.218. The lowest BCUT2D eigenvalue weighted by Gasteiger charge is -2.57. The van der Waals surface area contributed by atoms with E-state index >= 15 is 0 Å².